The molecule has 4 rings (SSSR count). The van der Waals surface area contributed by atoms with Gasteiger partial charge in [0.05, 0.1) is 41.1 Å². The number of alkyl halides is 2. The van der Waals surface area contributed by atoms with Gasteiger partial charge in [-0.25, -0.2) is 14.4 Å². The maximum atomic E-state index is 13.0. The Morgan fingerprint density at radius 2 is 1.93 bits per heavy atom. The van der Waals surface area contributed by atoms with Crippen LogP contribution < -0.4 is 25.6 Å². The van der Waals surface area contributed by atoms with Gasteiger partial charge >= 0.3 is 0 Å². The van der Waals surface area contributed by atoms with Crippen LogP contribution in [0.1, 0.15) is 0 Å². The first kappa shape index (κ1) is 30.2. The van der Waals surface area contributed by atoms with Gasteiger partial charge < -0.3 is 35.5 Å². The molecule has 0 aliphatic carbocycles. The summed E-state index contributed by atoms with van der Waals surface area (Å²) in [6.07, 6.45) is 3.43. The molecule has 2 aromatic carbocycles. The lowest BCUT2D eigenvalue weighted by molar-refractivity contribution is -0.123. The molecule has 0 spiro atoms. The maximum absolute atomic E-state index is 13.0. The number of ether oxygens (including phenoxy) is 1. The minimum absolute atomic E-state index is 0.176. The molecule has 41 heavy (non-hydrogen) atoms. The number of methoxy groups -OCH3 is 1. The average molecular weight is 604 g/mol. The molecular weight excluding hydrogens is 570 g/mol. The Balaban J connectivity index is 1.64. The lowest BCUT2D eigenvalue weighted by atomic mass is 10.1. The monoisotopic (exact) mass is 602 g/mol. The Kier molecular flexibility index (Phi) is 10.1. The van der Waals surface area contributed by atoms with Crippen molar-refractivity contribution in [2.75, 3.05) is 70.0 Å². The molecule has 0 saturated heterocycles. The highest BCUT2D eigenvalue weighted by Crippen LogP contribution is 2.38. The third kappa shape index (κ3) is 7.49. The standard InChI is InChI=1S/C28H33Cl2FN8O2/c1-38(2)11-12-39(3)23-14-24(41-4)22(13-21(23)32-9-10-33-27(40)26(30)31)36-28-35-16-19(29)25(37-28)18-15-34-20-8-6-5-7-17(18)20/h5-8,13-16,26,32,34H,9-12H2,1-4H3,(H,33,40)(H,35,36,37). The lowest BCUT2D eigenvalue weighted by Gasteiger charge is -2.26. The molecule has 0 radical (unpaired) electrons. The number of benzene rings is 2. The highest BCUT2D eigenvalue weighted by Gasteiger charge is 2.18. The van der Waals surface area contributed by atoms with Crippen molar-refractivity contribution < 1.29 is 13.9 Å². The Morgan fingerprint density at radius 1 is 1.15 bits per heavy atom. The molecule has 10 nitrogen and oxygen atoms in total. The molecule has 0 aliphatic heterocycles. The number of likely N-dealkylation sites (N-methyl/N-ethyl adjacent to an activating group) is 2. The summed E-state index contributed by atoms with van der Waals surface area (Å²) < 4.78 is 18.7. The SMILES string of the molecule is COc1cc(N(C)CCN(C)C)c(NCCNC(=O)C(F)Cl)cc1Nc1ncc(Cl)c(-c2c[nH]c3ccccc23)n1. The van der Waals surface area contributed by atoms with E-state index in [-0.39, 0.29) is 6.54 Å². The van der Waals surface area contributed by atoms with Gasteiger partial charge in [-0.05, 0) is 26.2 Å². The number of hydrogen-bond acceptors (Lipinski definition) is 8. The molecule has 2 aromatic heterocycles. The molecule has 13 heteroatoms. The molecule has 0 saturated carbocycles. The molecule has 0 fully saturated rings. The fraction of sp³-hybridized carbons (Fsp3) is 0.321. The largest absolute Gasteiger partial charge is 0.494 e. The quantitative estimate of drug-likeness (QED) is 0.124. The molecule has 1 amide bonds. The number of nitrogens with one attached hydrogen (secondary N) is 4. The minimum Gasteiger partial charge on any atom is -0.494 e. The predicted molar refractivity (Wildman–Crippen MR) is 165 cm³/mol. The van der Waals surface area contributed by atoms with Gasteiger partial charge in [0.2, 0.25) is 5.95 Å². The molecule has 218 valence electrons. The van der Waals surface area contributed by atoms with E-state index in [1.807, 2.05) is 63.7 Å². The number of aromatic nitrogens is 3. The van der Waals surface area contributed by atoms with Crippen LogP contribution in [0.3, 0.4) is 0 Å². The highest BCUT2D eigenvalue weighted by molar-refractivity contribution is 6.33. The van der Waals surface area contributed by atoms with Crippen molar-refractivity contribution in [1.82, 2.24) is 25.2 Å². The summed E-state index contributed by atoms with van der Waals surface area (Å²) in [5.74, 6) is 0.0286. The Morgan fingerprint density at radius 3 is 2.66 bits per heavy atom. The second-order valence-corrected chi connectivity index (χ2v) is 10.4. The van der Waals surface area contributed by atoms with Crippen LogP contribution in [-0.4, -0.2) is 85.8 Å². The normalized spacial score (nSPS) is 11.9. The number of fused-ring (bicyclic) bond motifs is 1. The summed E-state index contributed by atoms with van der Waals surface area (Å²) in [6, 6.07) is 11.7. The Labute approximate surface area is 248 Å². The average Bonchev–Trinajstić information content (AvgIpc) is 3.39. The van der Waals surface area contributed by atoms with Crippen molar-refractivity contribution in [2.24, 2.45) is 0 Å². The van der Waals surface area contributed by atoms with Crippen LogP contribution in [0.5, 0.6) is 5.75 Å². The summed E-state index contributed by atoms with van der Waals surface area (Å²) >= 11 is 11.7. The number of halogens is 3. The first-order valence-corrected chi connectivity index (χ1v) is 13.7. The summed E-state index contributed by atoms with van der Waals surface area (Å²) in [5, 5.41) is 10.4. The van der Waals surface area contributed by atoms with Crippen LogP contribution in [0.25, 0.3) is 22.2 Å². The smallest absolute Gasteiger partial charge is 0.270 e. The predicted octanol–water partition coefficient (Wildman–Crippen LogP) is 5.09. The van der Waals surface area contributed by atoms with E-state index in [1.54, 1.807) is 13.3 Å². The first-order valence-electron chi connectivity index (χ1n) is 12.9. The van der Waals surface area contributed by atoms with E-state index in [4.69, 9.17) is 32.9 Å². The number of rotatable bonds is 13. The number of amides is 1. The van der Waals surface area contributed by atoms with Crippen molar-refractivity contribution in [1.29, 1.82) is 0 Å². The maximum Gasteiger partial charge on any atom is 0.270 e. The Hall–Kier alpha value is -3.80. The van der Waals surface area contributed by atoms with Gasteiger partial charge in [-0.2, -0.15) is 0 Å². The van der Waals surface area contributed by atoms with Crippen molar-refractivity contribution in [3.05, 3.63) is 53.8 Å². The molecular formula is C28H33Cl2FN8O2. The number of anilines is 4. The van der Waals surface area contributed by atoms with Crippen LogP contribution in [0.15, 0.2) is 48.8 Å². The molecule has 2 heterocycles. The van der Waals surface area contributed by atoms with Gasteiger partial charge in [-0.15, -0.1) is 0 Å². The van der Waals surface area contributed by atoms with E-state index in [9.17, 15) is 9.18 Å². The van der Waals surface area contributed by atoms with Gasteiger partial charge in [0.1, 0.15) is 5.75 Å². The third-order valence-corrected chi connectivity index (χ3v) is 6.86. The van der Waals surface area contributed by atoms with Crippen LogP contribution in [0, 0.1) is 0 Å². The highest BCUT2D eigenvalue weighted by atomic mass is 35.5. The van der Waals surface area contributed by atoms with Gasteiger partial charge in [0.15, 0.2) is 0 Å². The summed E-state index contributed by atoms with van der Waals surface area (Å²) in [6.45, 7) is 2.09. The number of nitrogens with zero attached hydrogens (tertiary/aromatic N) is 4. The summed E-state index contributed by atoms with van der Waals surface area (Å²) in [7, 11) is 7.59. The number of aromatic amines is 1. The Bertz CT molecular complexity index is 1500. The first-order chi connectivity index (χ1) is 19.7. The number of H-pyrrole nitrogens is 1. The number of carbonyl (C=O) groups excluding carboxylic acids is 1. The van der Waals surface area contributed by atoms with E-state index in [0.29, 0.717) is 34.6 Å². The fourth-order valence-corrected chi connectivity index (χ4v) is 4.50. The van der Waals surface area contributed by atoms with E-state index in [1.165, 1.54) is 0 Å². The van der Waals surface area contributed by atoms with Gasteiger partial charge in [0.25, 0.3) is 11.5 Å². The minimum atomic E-state index is -2.09. The van der Waals surface area contributed by atoms with E-state index in [0.717, 1.165) is 40.9 Å². The zero-order valence-electron chi connectivity index (χ0n) is 23.3. The van der Waals surface area contributed by atoms with Gasteiger partial charge in [-0.1, -0.05) is 41.4 Å². The van der Waals surface area contributed by atoms with Crippen molar-refractivity contribution in [3.8, 4) is 17.0 Å². The third-order valence-electron chi connectivity index (χ3n) is 6.38. The van der Waals surface area contributed by atoms with Crippen molar-refractivity contribution in [2.45, 2.75) is 5.63 Å². The van der Waals surface area contributed by atoms with E-state index < -0.39 is 11.5 Å². The number of para-hydroxylation sites is 1. The lowest BCUT2D eigenvalue weighted by Crippen LogP contribution is -2.33. The molecule has 0 bridgehead atoms. The van der Waals surface area contributed by atoms with Gasteiger partial charge in [-0.3, -0.25) is 4.79 Å². The summed E-state index contributed by atoms with van der Waals surface area (Å²) in [5.41, 5.74) is 2.57. The molecule has 4 aromatic rings. The molecule has 4 N–H and O–H groups in total. The van der Waals surface area contributed by atoms with Crippen molar-refractivity contribution in [3.63, 3.8) is 0 Å². The van der Waals surface area contributed by atoms with Crippen molar-refractivity contribution >= 4 is 63.0 Å². The van der Waals surface area contributed by atoms with Crippen LogP contribution in [-0.2, 0) is 4.79 Å². The van der Waals surface area contributed by atoms with E-state index >= 15 is 0 Å². The van der Waals surface area contributed by atoms with Gasteiger partial charge in [0, 0.05) is 62.0 Å². The topological polar surface area (TPSA) is 110 Å². The van der Waals surface area contributed by atoms with Crippen LogP contribution >= 0.6 is 23.2 Å². The van der Waals surface area contributed by atoms with E-state index in [2.05, 4.69) is 35.7 Å². The zero-order chi connectivity index (χ0) is 29.5. The molecule has 1 atom stereocenters. The fourth-order valence-electron chi connectivity index (χ4n) is 4.23. The zero-order valence-corrected chi connectivity index (χ0v) is 24.8. The summed E-state index contributed by atoms with van der Waals surface area (Å²) in [4.78, 5) is 28.1. The van der Waals surface area contributed by atoms with Crippen LogP contribution in [0.4, 0.5) is 27.4 Å². The van der Waals surface area contributed by atoms with Crippen LogP contribution in [0.2, 0.25) is 5.02 Å². The second-order valence-electron chi connectivity index (χ2n) is 9.58. The molecule has 1 unspecified atom stereocenters. The second kappa shape index (κ2) is 13.7. The molecule has 0 aliphatic rings. The number of carbonyl (C=O) groups is 1. The number of hydrogen-bond donors (Lipinski definition) is 4.